The van der Waals surface area contributed by atoms with E-state index < -0.39 is 0 Å². The molecule has 2 N–H and O–H groups in total. The highest BCUT2D eigenvalue weighted by Crippen LogP contribution is 1.99. The third-order valence-electron chi connectivity index (χ3n) is 2.31. The number of nitrogens with one attached hydrogen (secondary N) is 2. The van der Waals surface area contributed by atoms with Crippen molar-refractivity contribution in [2.45, 2.75) is 12.5 Å². The maximum Gasteiger partial charge on any atom is 0.0419 e. The van der Waals surface area contributed by atoms with Crippen molar-refractivity contribution >= 4 is 0 Å². The van der Waals surface area contributed by atoms with Crippen molar-refractivity contribution in [3.8, 4) is 0 Å². The van der Waals surface area contributed by atoms with E-state index in [2.05, 4.69) is 21.7 Å². The van der Waals surface area contributed by atoms with Crippen LogP contribution in [0.1, 0.15) is 5.69 Å². The Morgan fingerprint density at radius 3 is 3.08 bits per heavy atom. The lowest BCUT2D eigenvalue weighted by Gasteiger charge is -2.24. The molecule has 1 aromatic rings. The van der Waals surface area contributed by atoms with Crippen molar-refractivity contribution in [2.75, 3.05) is 19.6 Å². The molecule has 2 rings (SSSR count). The average Bonchev–Trinajstić information content (AvgIpc) is 2.21. The Balaban J connectivity index is 1.90. The van der Waals surface area contributed by atoms with E-state index in [1.165, 1.54) is 5.69 Å². The van der Waals surface area contributed by atoms with Crippen molar-refractivity contribution in [2.24, 2.45) is 0 Å². The van der Waals surface area contributed by atoms with E-state index in [0.717, 1.165) is 26.1 Å². The zero-order valence-electron chi connectivity index (χ0n) is 7.66. The fourth-order valence-corrected chi connectivity index (χ4v) is 1.63. The lowest BCUT2D eigenvalue weighted by Crippen LogP contribution is -2.49. The van der Waals surface area contributed by atoms with Gasteiger partial charge in [-0.2, -0.15) is 0 Å². The summed E-state index contributed by atoms with van der Waals surface area (Å²) in [5, 5.41) is 6.83. The third-order valence-corrected chi connectivity index (χ3v) is 2.31. The smallest absolute Gasteiger partial charge is 0.0419 e. The largest absolute Gasteiger partial charge is 0.314 e. The molecule has 3 nitrogen and oxygen atoms in total. The Morgan fingerprint density at radius 1 is 1.38 bits per heavy atom. The molecule has 0 amide bonds. The number of nitrogens with zero attached hydrogens (tertiary/aromatic N) is 1. The minimum Gasteiger partial charge on any atom is -0.314 e. The number of pyridine rings is 1. The predicted molar refractivity (Wildman–Crippen MR) is 52.6 cm³/mol. The summed E-state index contributed by atoms with van der Waals surface area (Å²) in [6.07, 6.45) is 2.87. The van der Waals surface area contributed by atoms with Gasteiger partial charge in [0.25, 0.3) is 0 Å². The molecule has 0 bridgehead atoms. The summed E-state index contributed by atoms with van der Waals surface area (Å²) >= 11 is 0. The minimum atomic E-state index is 0.545. The van der Waals surface area contributed by atoms with Crippen LogP contribution in [0.2, 0.25) is 0 Å². The molecule has 0 unspecified atom stereocenters. The molecule has 3 heteroatoms. The van der Waals surface area contributed by atoms with E-state index >= 15 is 0 Å². The number of hydrogen-bond acceptors (Lipinski definition) is 3. The fourth-order valence-electron chi connectivity index (χ4n) is 1.63. The fraction of sp³-hybridized carbons (Fsp3) is 0.500. The first-order chi connectivity index (χ1) is 6.45. The van der Waals surface area contributed by atoms with E-state index in [4.69, 9.17) is 0 Å². The van der Waals surface area contributed by atoms with Gasteiger partial charge in [0, 0.05) is 44.0 Å². The molecule has 2 heterocycles. The van der Waals surface area contributed by atoms with E-state index in [9.17, 15) is 0 Å². The van der Waals surface area contributed by atoms with Gasteiger partial charge in [0.1, 0.15) is 0 Å². The summed E-state index contributed by atoms with van der Waals surface area (Å²) in [6.45, 7) is 3.20. The van der Waals surface area contributed by atoms with Crippen LogP contribution in [0.25, 0.3) is 0 Å². The van der Waals surface area contributed by atoms with Gasteiger partial charge in [-0.15, -0.1) is 0 Å². The van der Waals surface area contributed by atoms with Gasteiger partial charge in [0.15, 0.2) is 0 Å². The van der Waals surface area contributed by atoms with Gasteiger partial charge in [-0.25, -0.2) is 0 Å². The van der Waals surface area contributed by atoms with E-state index in [1.807, 2.05) is 18.3 Å². The van der Waals surface area contributed by atoms with Crippen LogP contribution < -0.4 is 10.6 Å². The molecule has 0 aliphatic carbocycles. The predicted octanol–water partition coefficient (Wildman–Crippen LogP) is 0.185. The summed E-state index contributed by atoms with van der Waals surface area (Å²) in [5.41, 5.74) is 1.17. The van der Waals surface area contributed by atoms with Crippen LogP contribution in [0.5, 0.6) is 0 Å². The van der Waals surface area contributed by atoms with Gasteiger partial charge in [0.2, 0.25) is 0 Å². The van der Waals surface area contributed by atoms with E-state index in [-0.39, 0.29) is 0 Å². The number of aromatic nitrogens is 1. The van der Waals surface area contributed by atoms with Crippen LogP contribution in [-0.4, -0.2) is 30.7 Å². The highest BCUT2D eigenvalue weighted by Gasteiger charge is 2.12. The molecular weight excluding hydrogens is 162 g/mol. The van der Waals surface area contributed by atoms with E-state index in [0.29, 0.717) is 6.04 Å². The molecule has 13 heavy (non-hydrogen) atoms. The summed E-state index contributed by atoms with van der Waals surface area (Å²) in [4.78, 5) is 4.31. The van der Waals surface area contributed by atoms with Crippen LogP contribution in [0.15, 0.2) is 24.4 Å². The molecule has 0 radical (unpaired) electrons. The topological polar surface area (TPSA) is 37.0 Å². The lowest BCUT2D eigenvalue weighted by atomic mass is 10.1. The molecule has 1 saturated heterocycles. The highest BCUT2D eigenvalue weighted by atomic mass is 15.1. The molecule has 0 spiro atoms. The van der Waals surface area contributed by atoms with Crippen molar-refractivity contribution in [3.63, 3.8) is 0 Å². The second kappa shape index (κ2) is 4.35. The second-order valence-electron chi connectivity index (χ2n) is 3.38. The number of hydrogen-bond donors (Lipinski definition) is 2. The Labute approximate surface area is 78.6 Å². The van der Waals surface area contributed by atoms with Gasteiger partial charge >= 0.3 is 0 Å². The van der Waals surface area contributed by atoms with E-state index in [1.54, 1.807) is 0 Å². The minimum absolute atomic E-state index is 0.545. The van der Waals surface area contributed by atoms with Crippen LogP contribution in [-0.2, 0) is 6.42 Å². The Hall–Kier alpha value is -0.930. The monoisotopic (exact) mass is 177 g/mol. The maximum absolute atomic E-state index is 4.31. The summed E-state index contributed by atoms with van der Waals surface area (Å²) in [6, 6.07) is 6.62. The molecule has 1 atom stereocenters. The summed E-state index contributed by atoms with van der Waals surface area (Å²) in [5.74, 6) is 0. The summed E-state index contributed by atoms with van der Waals surface area (Å²) in [7, 11) is 0. The first kappa shape index (κ1) is 8.66. The molecular formula is C10H15N3. The standard InChI is InChI=1S/C10H15N3/c1-2-4-12-9(3-1)7-10-8-11-5-6-13-10/h1-4,10-11,13H,5-8H2/t10-/m0/s1. The first-order valence-corrected chi connectivity index (χ1v) is 4.79. The van der Waals surface area contributed by atoms with Crippen molar-refractivity contribution < 1.29 is 0 Å². The quantitative estimate of drug-likeness (QED) is 0.677. The average molecular weight is 177 g/mol. The van der Waals surface area contributed by atoms with Crippen molar-refractivity contribution in [3.05, 3.63) is 30.1 Å². The Kier molecular flexibility index (Phi) is 2.90. The molecule has 0 aromatic carbocycles. The number of piperazine rings is 1. The second-order valence-corrected chi connectivity index (χ2v) is 3.38. The molecule has 1 aliphatic heterocycles. The van der Waals surface area contributed by atoms with Gasteiger partial charge in [-0.3, -0.25) is 4.98 Å². The maximum atomic E-state index is 4.31. The van der Waals surface area contributed by atoms with Crippen LogP contribution >= 0.6 is 0 Å². The van der Waals surface area contributed by atoms with Crippen LogP contribution in [0.3, 0.4) is 0 Å². The Morgan fingerprint density at radius 2 is 2.38 bits per heavy atom. The van der Waals surface area contributed by atoms with Crippen LogP contribution in [0.4, 0.5) is 0 Å². The van der Waals surface area contributed by atoms with Crippen molar-refractivity contribution in [1.29, 1.82) is 0 Å². The third kappa shape index (κ3) is 2.50. The molecule has 70 valence electrons. The molecule has 1 aliphatic rings. The van der Waals surface area contributed by atoms with Gasteiger partial charge in [0.05, 0.1) is 0 Å². The SMILES string of the molecule is c1ccc(C[C@H]2CNCCN2)nc1. The zero-order chi connectivity index (χ0) is 8.93. The molecule has 1 aromatic heterocycles. The van der Waals surface area contributed by atoms with Gasteiger partial charge < -0.3 is 10.6 Å². The van der Waals surface area contributed by atoms with Gasteiger partial charge in [-0.05, 0) is 12.1 Å². The highest BCUT2D eigenvalue weighted by molar-refractivity contribution is 5.05. The van der Waals surface area contributed by atoms with Crippen molar-refractivity contribution in [1.82, 2.24) is 15.6 Å². The van der Waals surface area contributed by atoms with Gasteiger partial charge in [-0.1, -0.05) is 6.07 Å². The lowest BCUT2D eigenvalue weighted by molar-refractivity contribution is 0.414. The molecule has 0 saturated carbocycles. The first-order valence-electron chi connectivity index (χ1n) is 4.79. The summed E-state index contributed by atoms with van der Waals surface area (Å²) < 4.78 is 0. The normalized spacial score (nSPS) is 22.9. The number of rotatable bonds is 2. The molecule has 1 fully saturated rings. The Bertz CT molecular complexity index is 242. The zero-order valence-corrected chi connectivity index (χ0v) is 7.66. The van der Waals surface area contributed by atoms with Crippen LogP contribution in [0, 0.1) is 0 Å².